The van der Waals surface area contributed by atoms with Gasteiger partial charge in [-0.25, -0.2) is 4.79 Å². The maximum absolute atomic E-state index is 12.5. The lowest BCUT2D eigenvalue weighted by Gasteiger charge is -2.31. The van der Waals surface area contributed by atoms with Gasteiger partial charge in [-0.3, -0.25) is 0 Å². The number of rotatable bonds is 4. The smallest absolute Gasteiger partial charge is 0.404 e. The van der Waals surface area contributed by atoms with Crippen LogP contribution in [0.5, 0.6) is 0 Å². The van der Waals surface area contributed by atoms with E-state index in [1.807, 2.05) is 0 Å². The van der Waals surface area contributed by atoms with E-state index < -0.39 is 18.2 Å². The molecule has 0 aromatic rings. The van der Waals surface area contributed by atoms with Crippen molar-refractivity contribution in [2.45, 2.75) is 37.9 Å². The molecule has 1 fully saturated rings. The molecule has 1 saturated carbocycles. The number of alkyl halides is 3. The molecule has 17 heavy (non-hydrogen) atoms. The maximum atomic E-state index is 12.5. The summed E-state index contributed by atoms with van der Waals surface area (Å²) in [5.41, 5.74) is 4.75. The van der Waals surface area contributed by atoms with Gasteiger partial charge in [-0.05, 0) is 19.3 Å². The second-order valence-corrected chi connectivity index (χ2v) is 4.22. The van der Waals surface area contributed by atoms with Crippen molar-refractivity contribution in [1.29, 1.82) is 0 Å². The molecule has 0 saturated heterocycles. The Labute approximate surface area is 97.7 Å². The van der Waals surface area contributed by atoms with Crippen LogP contribution in [0.15, 0.2) is 0 Å². The fourth-order valence-corrected chi connectivity index (χ4v) is 2.09. The Hall–Kier alpha value is -0.980. The minimum absolute atomic E-state index is 0.0858. The Morgan fingerprint density at radius 3 is 2.71 bits per heavy atom. The van der Waals surface area contributed by atoms with E-state index in [1.165, 1.54) is 0 Å². The standard InChI is InChI=1S/C10H17F3N2O2/c11-10(12,13)7-2-1-3-8(6-7)15-4-5-17-9(14)16/h7-8,15H,1-6H2,(H2,14,16). The first kappa shape index (κ1) is 14.1. The third-order valence-electron chi connectivity index (χ3n) is 2.92. The molecule has 1 aliphatic rings. The highest BCUT2D eigenvalue weighted by atomic mass is 19.4. The van der Waals surface area contributed by atoms with Gasteiger partial charge >= 0.3 is 12.3 Å². The first-order chi connectivity index (χ1) is 7.89. The van der Waals surface area contributed by atoms with Crippen LogP contribution < -0.4 is 11.1 Å². The molecule has 0 aromatic carbocycles. The summed E-state index contributed by atoms with van der Waals surface area (Å²) < 4.78 is 42.0. The molecule has 100 valence electrons. The van der Waals surface area contributed by atoms with Gasteiger partial charge in [-0.2, -0.15) is 13.2 Å². The quantitative estimate of drug-likeness (QED) is 0.752. The highest BCUT2D eigenvalue weighted by Gasteiger charge is 2.41. The lowest BCUT2D eigenvalue weighted by atomic mass is 9.85. The van der Waals surface area contributed by atoms with E-state index in [0.717, 1.165) is 6.42 Å². The highest BCUT2D eigenvalue weighted by molar-refractivity contribution is 5.64. The van der Waals surface area contributed by atoms with E-state index in [0.29, 0.717) is 13.0 Å². The van der Waals surface area contributed by atoms with Crippen molar-refractivity contribution in [3.63, 3.8) is 0 Å². The van der Waals surface area contributed by atoms with E-state index in [9.17, 15) is 18.0 Å². The van der Waals surface area contributed by atoms with Gasteiger partial charge in [-0.15, -0.1) is 0 Å². The van der Waals surface area contributed by atoms with Gasteiger partial charge in [0, 0.05) is 12.6 Å². The summed E-state index contributed by atoms with van der Waals surface area (Å²) in [4.78, 5) is 10.3. The van der Waals surface area contributed by atoms with E-state index in [1.54, 1.807) is 0 Å². The number of primary amides is 1. The summed E-state index contributed by atoms with van der Waals surface area (Å²) in [6, 6.07) is -0.160. The number of halogens is 3. The molecule has 4 nitrogen and oxygen atoms in total. The molecule has 2 atom stereocenters. The molecule has 0 spiro atoms. The molecule has 1 aliphatic carbocycles. The first-order valence-electron chi connectivity index (χ1n) is 5.62. The van der Waals surface area contributed by atoms with Crippen molar-refractivity contribution < 1.29 is 22.7 Å². The van der Waals surface area contributed by atoms with Gasteiger partial charge in [-0.1, -0.05) is 6.42 Å². The van der Waals surface area contributed by atoms with Crippen LogP contribution in [0.3, 0.4) is 0 Å². The number of nitrogens with one attached hydrogen (secondary N) is 1. The Bertz CT molecular complexity index is 258. The molecule has 2 unspecified atom stereocenters. The zero-order chi connectivity index (χ0) is 12.9. The lowest BCUT2D eigenvalue weighted by molar-refractivity contribution is -0.183. The molecule has 1 amide bonds. The first-order valence-corrected chi connectivity index (χ1v) is 5.62. The predicted molar refractivity (Wildman–Crippen MR) is 55.3 cm³/mol. The van der Waals surface area contributed by atoms with Gasteiger partial charge in [0.25, 0.3) is 0 Å². The number of hydrogen-bond acceptors (Lipinski definition) is 3. The Kier molecular flexibility index (Phi) is 5.04. The van der Waals surface area contributed by atoms with Gasteiger partial charge in [0.15, 0.2) is 0 Å². The minimum atomic E-state index is -4.11. The van der Waals surface area contributed by atoms with Crippen LogP contribution >= 0.6 is 0 Å². The van der Waals surface area contributed by atoms with Crippen LogP contribution in [0.25, 0.3) is 0 Å². The summed E-state index contributed by atoms with van der Waals surface area (Å²) in [5, 5.41) is 2.95. The van der Waals surface area contributed by atoms with Crippen molar-refractivity contribution in [2.24, 2.45) is 11.7 Å². The van der Waals surface area contributed by atoms with E-state index >= 15 is 0 Å². The van der Waals surface area contributed by atoms with Crippen molar-refractivity contribution >= 4 is 6.09 Å². The SMILES string of the molecule is NC(=O)OCCNC1CCCC(C(F)(F)F)C1. The monoisotopic (exact) mass is 254 g/mol. The highest BCUT2D eigenvalue weighted by Crippen LogP contribution is 2.37. The average molecular weight is 254 g/mol. The molecule has 0 bridgehead atoms. The lowest BCUT2D eigenvalue weighted by Crippen LogP contribution is -2.40. The minimum Gasteiger partial charge on any atom is -0.448 e. The molecular weight excluding hydrogens is 237 g/mol. The zero-order valence-electron chi connectivity index (χ0n) is 9.43. The third kappa shape index (κ3) is 5.25. The number of nitrogens with two attached hydrogens (primary N) is 1. The molecule has 0 aromatic heterocycles. The Morgan fingerprint density at radius 1 is 1.41 bits per heavy atom. The largest absolute Gasteiger partial charge is 0.448 e. The number of ether oxygens (including phenoxy) is 1. The Morgan fingerprint density at radius 2 is 2.12 bits per heavy atom. The second kappa shape index (κ2) is 6.09. The fraction of sp³-hybridized carbons (Fsp3) is 0.900. The van der Waals surface area contributed by atoms with Crippen LogP contribution in [0.1, 0.15) is 25.7 Å². The van der Waals surface area contributed by atoms with Crippen molar-refractivity contribution in [1.82, 2.24) is 5.32 Å². The topological polar surface area (TPSA) is 64.4 Å². The molecule has 1 rings (SSSR count). The maximum Gasteiger partial charge on any atom is 0.404 e. The van der Waals surface area contributed by atoms with Crippen molar-refractivity contribution in [3.05, 3.63) is 0 Å². The fourth-order valence-electron chi connectivity index (χ4n) is 2.09. The average Bonchev–Trinajstić information content (AvgIpc) is 2.23. The normalized spacial score (nSPS) is 25.6. The van der Waals surface area contributed by atoms with E-state index in [-0.39, 0.29) is 25.5 Å². The molecule has 0 radical (unpaired) electrons. The molecule has 3 N–H and O–H groups in total. The number of carbonyl (C=O) groups excluding carboxylic acids is 1. The van der Waals surface area contributed by atoms with Gasteiger partial charge in [0.1, 0.15) is 6.61 Å². The van der Waals surface area contributed by atoms with Crippen molar-refractivity contribution in [2.75, 3.05) is 13.2 Å². The predicted octanol–water partition coefficient (Wildman–Crippen LogP) is 1.79. The summed E-state index contributed by atoms with van der Waals surface area (Å²) in [6.45, 7) is 0.417. The van der Waals surface area contributed by atoms with Gasteiger partial charge in [0.2, 0.25) is 0 Å². The van der Waals surface area contributed by atoms with E-state index in [2.05, 4.69) is 10.1 Å². The number of hydrogen-bond donors (Lipinski definition) is 2. The number of amides is 1. The van der Waals surface area contributed by atoms with Gasteiger partial charge in [0.05, 0.1) is 5.92 Å². The van der Waals surface area contributed by atoms with Crippen LogP contribution in [-0.2, 0) is 4.74 Å². The summed E-state index contributed by atoms with van der Waals surface area (Å²) in [6.07, 6.45) is -3.38. The second-order valence-electron chi connectivity index (χ2n) is 4.22. The molecule has 0 aliphatic heterocycles. The third-order valence-corrected chi connectivity index (χ3v) is 2.92. The van der Waals surface area contributed by atoms with E-state index in [4.69, 9.17) is 5.73 Å². The zero-order valence-corrected chi connectivity index (χ0v) is 9.43. The Balaban J connectivity index is 2.23. The van der Waals surface area contributed by atoms with Crippen LogP contribution in [-0.4, -0.2) is 31.5 Å². The van der Waals surface area contributed by atoms with Crippen LogP contribution in [0.4, 0.5) is 18.0 Å². The van der Waals surface area contributed by atoms with Gasteiger partial charge < -0.3 is 15.8 Å². The van der Waals surface area contributed by atoms with Crippen LogP contribution in [0, 0.1) is 5.92 Å². The summed E-state index contributed by atoms with van der Waals surface area (Å²) >= 11 is 0. The summed E-state index contributed by atoms with van der Waals surface area (Å²) in [5.74, 6) is -1.22. The van der Waals surface area contributed by atoms with Crippen molar-refractivity contribution in [3.8, 4) is 0 Å². The molecular formula is C10H17F3N2O2. The molecule has 7 heteroatoms. The molecule has 0 heterocycles. The van der Waals surface area contributed by atoms with Crippen LogP contribution in [0.2, 0.25) is 0 Å². The number of carbonyl (C=O) groups is 1. The summed E-state index contributed by atoms with van der Waals surface area (Å²) in [7, 11) is 0.